The number of carbonyl (C=O) groups excluding carboxylic acids is 1. The van der Waals surface area contributed by atoms with E-state index in [1.165, 1.54) is 18.4 Å². The number of Topliss-reactive ketones (excluding diaryl/α,β-unsaturated/α-hetero) is 1. The number of likely N-dealkylation sites (tertiary alicyclic amines) is 1. The zero-order chi connectivity index (χ0) is 21.3. The molecule has 1 fully saturated rings. The molecule has 0 bridgehead atoms. The maximum Gasteiger partial charge on any atom is 0.159 e. The molecule has 30 heavy (non-hydrogen) atoms. The number of piperidine rings is 1. The number of ketones is 1. The fourth-order valence-corrected chi connectivity index (χ4v) is 3.94. The van der Waals surface area contributed by atoms with Crippen LogP contribution >= 0.6 is 0 Å². The standard InChI is InChI=1S/C25H32FN3O/c1-19(30)23-5-3-6-25(18-23)28-20(2)27-13-4-14-29-15-11-22(12-16-29)17-21-7-9-24(26)10-8-21/h3,5-10,18,22,27-28H,2,4,11-17H2,1H3. The third-order valence-corrected chi connectivity index (χ3v) is 5.70. The molecule has 0 radical (unpaired) electrons. The Bertz CT molecular complexity index is 842. The van der Waals surface area contributed by atoms with Gasteiger partial charge in [0.25, 0.3) is 0 Å². The Morgan fingerprint density at radius 2 is 1.90 bits per heavy atom. The summed E-state index contributed by atoms with van der Waals surface area (Å²) >= 11 is 0. The summed E-state index contributed by atoms with van der Waals surface area (Å²) in [5, 5.41) is 6.53. The number of halogens is 1. The number of nitrogens with zero attached hydrogens (tertiary/aromatic N) is 1. The van der Waals surface area contributed by atoms with Crippen LogP contribution in [0.2, 0.25) is 0 Å². The Balaban J connectivity index is 1.30. The van der Waals surface area contributed by atoms with Crippen molar-refractivity contribution >= 4 is 11.5 Å². The second kappa shape index (κ2) is 10.9. The van der Waals surface area contributed by atoms with E-state index in [1.807, 2.05) is 36.4 Å². The molecule has 1 aliphatic heterocycles. The zero-order valence-electron chi connectivity index (χ0n) is 17.8. The van der Waals surface area contributed by atoms with E-state index in [2.05, 4.69) is 22.1 Å². The van der Waals surface area contributed by atoms with E-state index in [-0.39, 0.29) is 11.6 Å². The van der Waals surface area contributed by atoms with Crippen LogP contribution < -0.4 is 10.6 Å². The van der Waals surface area contributed by atoms with Gasteiger partial charge in [0, 0.05) is 17.8 Å². The minimum Gasteiger partial charge on any atom is -0.372 e. The van der Waals surface area contributed by atoms with Crippen LogP contribution in [0.1, 0.15) is 42.1 Å². The fourth-order valence-electron chi connectivity index (χ4n) is 3.94. The highest BCUT2D eigenvalue weighted by atomic mass is 19.1. The van der Waals surface area contributed by atoms with Crippen LogP contribution in [0.15, 0.2) is 60.9 Å². The predicted molar refractivity (Wildman–Crippen MR) is 121 cm³/mol. The van der Waals surface area contributed by atoms with Gasteiger partial charge in [-0.15, -0.1) is 0 Å². The van der Waals surface area contributed by atoms with E-state index >= 15 is 0 Å². The topological polar surface area (TPSA) is 44.4 Å². The van der Waals surface area contributed by atoms with E-state index in [1.54, 1.807) is 19.1 Å². The molecule has 0 amide bonds. The minimum absolute atomic E-state index is 0.0543. The first-order valence-electron chi connectivity index (χ1n) is 10.8. The van der Waals surface area contributed by atoms with Gasteiger partial charge in [-0.05, 0) is 88.0 Å². The quantitative estimate of drug-likeness (QED) is 0.435. The van der Waals surface area contributed by atoms with E-state index in [4.69, 9.17) is 0 Å². The van der Waals surface area contributed by atoms with Crippen molar-refractivity contribution in [2.45, 2.75) is 32.6 Å². The van der Waals surface area contributed by atoms with Gasteiger partial charge in [-0.25, -0.2) is 4.39 Å². The molecule has 2 aromatic carbocycles. The first-order valence-corrected chi connectivity index (χ1v) is 10.8. The van der Waals surface area contributed by atoms with Crippen molar-refractivity contribution in [1.29, 1.82) is 0 Å². The number of anilines is 1. The van der Waals surface area contributed by atoms with Crippen molar-refractivity contribution in [3.8, 4) is 0 Å². The third-order valence-electron chi connectivity index (χ3n) is 5.70. The number of hydrogen-bond donors (Lipinski definition) is 2. The highest BCUT2D eigenvalue weighted by molar-refractivity contribution is 5.94. The minimum atomic E-state index is -0.162. The summed E-state index contributed by atoms with van der Waals surface area (Å²) in [5.74, 6) is 1.33. The lowest BCUT2D eigenvalue weighted by Crippen LogP contribution is -2.36. The summed E-state index contributed by atoms with van der Waals surface area (Å²) in [5.41, 5.74) is 2.79. The number of rotatable bonds is 10. The van der Waals surface area contributed by atoms with Gasteiger partial charge in [0.05, 0.1) is 5.82 Å². The van der Waals surface area contributed by atoms with Crippen LogP contribution in [-0.4, -0.2) is 36.9 Å². The Labute approximate surface area is 179 Å². The molecular formula is C25H32FN3O. The number of carbonyl (C=O) groups is 1. The molecule has 0 aromatic heterocycles. The van der Waals surface area contributed by atoms with Crippen LogP contribution in [0, 0.1) is 11.7 Å². The zero-order valence-corrected chi connectivity index (χ0v) is 17.8. The summed E-state index contributed by atoms with van der Waals surface area (Å²) in [6.07, 6.45) is 4.50. The highest BCUT2D eigenvalue weighted by Crippen LogP contribution is 2.22. The van der Waals surface area contributed by atoms with Crippen LogP contribution in [0.25, 0.3) is 0 Å². The van der Waals surface area contributed by atoms with Crippen molar-refractivity contribution in [2.24, 2.45) is 5.92 Å². The fraction of sp³-hybridized carbons (Fsp3) is 0.400. The lowest BCUT2D eigenvalue weighted by Gasteiger charge is -2.32. The second-order valence-electron chi connectivity index (χ2n) is 8.14. The molecule has 0 unspecified atom stereocenters. The summed E-state index contributed by atoms with van der Waals surface area (Å²) in [4.78, 5) is 14.0. The molecule has 4 nitrogen and oxygen atoms in total. The first kappa shape index (κ1) is 22.0. The number of benzene rings is 2. The molecule has 2 N–H and O–H groups in total. The van der Waals surface area contributed by atoms with Crippen LogP contribution in [0.5, 0.6) is 0 Å². The molecule has 160 valence electrons. The first-order chi connectivity index (χ1) is 14.5. The molecule has 1 heterocycles. The van der Waals surface area contributed by atoms with E-state index in [0.29, 0.717) is 11.5 Å². The third kappa shape index (κ3) is 6.99. The molecule has 0 spiro atoms. The predicted octanol–water partition coefficient (Wildman–Crippen LogP) is 4.85. The van der Waals surface area contributed by atoms with E-state index in [9.17, 15) is 9.18 Å². The van der Waals surface area contributed by atoms with Crippen molar-refractivity contribution in [3.05, 3.63) is 77.9 Å². The second-order valence-corrected chi connectivity index (χ2v) is 8.14. The Morgan fingerprint density at radius 1 is 1.17 bits per heavy atom. The maximum absolute atomic E-state index is 13.0. The normalized spacial score (nSPS) is 15.0. The molecule has 0 atom stereocenters. The lowest BCUT2D eigenvalue weighted by molar-refractivity contribution is 0.101. The smallest absolute Gasteiger partial charge is 0.159 e. The molecule has 2 aromatic rings. The van der Waals surface area contributed by atoms with Crippen molar-refractivity contribution in [1.82, 2.24) is 10.2 Å². The van der Waals surface area contributed by atoms with Crippen molar-refractivity contribution in [2.75, 3.05) is 31.5 Å². The molecule has 0 aliphatic carbocycles. The Hall–Kier alpha value is -2.66. The van der Waals surface area contributed by atoms with E-state index in [0.717, 1.165) is 50.5 Å². The average Bonchev–Trinajstić information content (AvgIpc) is 2.74. The van der Waals surface area contributed by atoms with Crippen LogP contribution in [0.3, 0.4) is 0 Å². The van der Waals surface area contributed by atoms with Gasteiger partial charge < -0.3 is 15.5 Å². The maximum atomic E-state index is 13.0. The van der Waals surface area contributed by atoms with Gasteiger partial charge >= 0.3 is 0 Å². The van der Waals surface area contributed by atoms with Gasteiger partial charge in [-0.2, -0.15) is 0 Å². The van der Waals surface area contributed by atoms with Gasteiger partial charge in [0.2, 0.25) is 0 Å². The molecule has 0 saturated carbocycles. The van der Waals surface area contributed by atoms with E-state index < -0.39 is 0 Å². The van der Waals surface area contributed by atoms with Crippen molar-refractivity contribution in [3.63, 3.8) is 0 Å². The number of nitrogens with one attached hydrogen (secondary N) is 2. The lowest BCUT2D eigenvalue weighted by atomic mass is 9.90. The molecule has 3 rings (SSSR count). The molecule has 5 heteroatoms. The monoisotopic (exact) mass is 409 g/mol. The summed E-state index contributed by atoms with van der Waals surface area (Å²) in [6, 6.07) is 14.4. The SMILES string of the molecule is C=C(NCCCN1CCC(Cc2ccc(F)cc2)CC1)Nc1cccc(C(C)=O)c1. The molecule has 1 aliphatic rings. The van der Waals surface area contributed by atoms with Gasteiger partial charge in [0.15, 0.2) is 5.78 Å². The largest absolute Gasteiger partial charge is 0.372 e. The summed E-state index contributed by atoms with van der Waals surface area (Å²) < 4.78 is 13.0. The molecule has 1 saturated heterocycles. The van der Waals surface area contributed by atoms with Crippen molar-refractivity contribution < 1.29 is 9.18 Å². The van der Waals surface area contributed by atoms with Crippen LogP contribution in [0.4, 0.5) is 10.1 Å². The van der Waals surface area contributed by atoms with Crippen LogP contribution in [-0.2, 0) is 6.42 Å². The summed E-state index contributed by atoms with van der Waals surface area (Å²) in [7, 11) is 0. The molecular weight excluding hydrogens is 377 g/mol. The summed E-state index contributed by atoms with van der Waals surface area (Å²) in [6.45, 7) is 9.77. The van der Waals surface area contributed by atoms with Gasteiger partial charge in [-0.1, -0.05) is 30.8 Å². The Kier molecular flexibility index (Phi) is 8.03. The highest BCUT2D eigenvalue weighted by Gasteiger charge is 2.19. The Morgan fingerprint density at radius 3 is 2.60 bits per heavy atom. The number of hydrogen-bond acceptors (Lipinski definition) is 4. The van der Waals surface area contributed by atoms with Gasteiger partial charge in [-0.3, -0.25) is 4.79 Å². The average molecular weight is 410 g/mol. The van der Waals surface area contributed by atoms with Gasteiger partial charge in [0.1, 0.15) is 5.82 Å².